The minimum Gasteiger partial charge on any atom is -0.388 e. The third kappa shape index (κ3) is 4.38. The van der Waals surface area contributed by atoms with Crippen molar-refractivity contribution in [3.05, 3.63) is 11.8 Å². The van der Waals surface area contributed by atoms with Crippen LogP contribution >= 0.6 is 11.8 Å². The van der Waals surface area contributed by atoms with E-state index in [0.717, 1.165) is 24.3 Å². The van der Waals surface area contributed by atoms with Crippen LogP contribution in [0.3, 0.4) is 0 Å². The molecule has 1 aromatic heterocycles. The lowest BCUT2D eigenvalue weighted by atomic mass is 10.2. The van der Waals surface area contributed by atoms with E-state index in [-0.39, 0.29) is 5.84 Å². The van der Waals surface area contributed by atoms with E-state index in [2.05, 4.69) is 11.2 Å². The minimum atomic E-state index is 0.288. The minimum absolute atomic E-state index is 0.288. The van der Waals surface area contributed by atoms with E-state index in [0.29, 0.717) is 6.42 Å². The Morgan fingerprint density at radius 1 is 1.60 bits per heavy atom. The average molecular weight is 226 g/mol. The maximum Gasteiger partial charge on any atom is 0.0939 e. The van der Waals surface area contributed by atoms with Crippen LogP contribution in [0.25, 0.3) is 0 Å². The monoisotopic (exact) mass is 226 g/mol. The van der Waals surface area contributed by atoms with Crippen LogP contribution < -0.4 is 5.73 Å². The van der Waals surface area contributed by atoms with Crippen LogP contribution in [0.1, 0.15) is 25.0 Å². The van der Waals surface area contributed by atoms with Crippen molar-refractivity contribution in [3.63, 3.8) is 0 Å². The molecule has 0 aliphatic rings. The van der Waals surface area contributed by atoms with Gasteiger partial charge in [-0.05, 0) is 31.6 Å². The van der Waals surface area contributed by atoms with Gasteiger partial charge in [-0.1, -0.05) is 0 Å². The summed E-state index contributed by atoms with van der Waals surface area (Å²) in [5.41, 5.74) is 6.33. The van der Waals surface area contributed by atoms with Gasteiger partial charge >= 0.3 is 0 Å². The molecule has 0 aromatic carbocycles. The Kier molecular flexibility index (Phi) is 4.68. The lowest BCUT2D eigenvalue weighted by Crippen LogP contribution is -2.08. The predicted molar refractivity (Wildman–Crippen MR) is 64.4 cm³/mol. The largest absolute Gasteiger partial charge is 0.388 e. The summed E-state index contributed by atoms with van der Waals surface area (Å²) in [7, 11) is 1.96. The fraction of sp³-hybridized carbons (Fsp3) is 0.600. The summed E-state index contributed by atoms with van der Waals surface area (Å²) >= 11 is 1.81. The molecule has 5 heteroatoms. The molecule has 0 atom stereocenters. The number of nitrogens with zero attached hydrogens (tertiary/aromatic N) is 2. The molecule has 4 nitrogen and oxygen atoms in total. The van der Waals surface area contributed by atoms with Gasteiger partial charge < -0.3 is 5.73 Å². The Bertz CT molecular complexity index is 332. The third-order valence-corrected chi connectivity index (χ3v) is 3.22. The number of aryl methyl sites for hydroxylation is 2. The highest BCUT2D eigenvalue weighted by Crippen LogP contribution is 2.19. The van der Waals surface area contributed by atoms with Crippen LogP contribution in [0.15, 0.2) is 11.1 Å². The van der Waals surface area contributed by atoms with Crippen molar-refractivity contribution in [2.75, 3.05) is 5.75 Å². The van der Waals surface area contributed by atoms with Crippen molar-refractivity contribution in [1.82, 2.24) is 9.78 Å². The summed E-state index contributed by atoms with van der Waals surface area (Å²) in [6.07, 6.45) is 2.80. The predicted octanol–water partition coefficient (Wildman–Crippen LogP) is 1.93. The zero-order valence-corrected chi connectivity index (χ0v) is 10.1. The molecule has 0 aliphatic heterocycles. The summed E-state index contributed by atoms with van der Waals surface area (Å²) in [5.74, 6) is 1.35. The fourth-order valence-corrected chi connectivity index (χ4v) is 2.36. The number of rotatable bonds is 6. The van der Waals surface area contributed by atoms with Gasteiger partial charge in [0, 0.05) is 13.5 Å². The zero-order chi connectivity index (χ0) is 11.3. The first-order valence-electron chi connectivity index (χ1n) is 5.06. The summed E-state index contributed by atoms with van der Waals surface area (Å²) in [5, 5.41) is 12.6. The average Bonchev–Trinajstić information content (AvgIpc) is 2.44. The Balaban J connectivity index is 2.20. The molecule has 0 radical (unpaired) electrons. The highest BCUT2D eigenvalue weighted by Gasteiger charge is 2.01. The highest BCUT2D eigenvalue weighted by atomic mass is 32.2. The molecule has 1 aromatic rings. The van der Waals surface area contributed by atoms with Crippen LogP contribution in [0.5, 0.6) is 0 Å². The molecular formula is C10H18N4S. The lowest BCUT2D eigenvalue weighted by Gasteiger charge is -2.01. The molecule has 0 unspecified atom stereocenters. The van der Waals surface area contributed by atoms with Gasteiger partial charge in [0.15, 0.2) is 0 Å². The van der Waals surface area contributed by atoms with Gasteiger partial charge in [0.1, 0.15) is 0 Å². The molecule has 0 bridgehead atoms. The number of nitrogens with two attached hydrogens (primary N) is 1. The van der Waals surface area contributed by atoms with Gasteiger partial charge in [-0.25, -0.2) is 0 Å². The maximum absolute atomic E-state index is 7.09. The van der Waals surface area contributed by atoms with Crippen molar-refractivity contribution < 1.29 is 0 Å². The number of nitrogens with one attached hydrogen (secondary N) is 1. The van der Waals surface area contributed by atoms with Crippen molar-refractivity contribution in [2.24, 2.45) is 12.8 Å². The van der Waals surface area contributed by atoms with E-state index in [4.69, 9.17) is 11.1 Å². The smallest absolute Gasteiger partial charge is 0.0939 e. The number of hydrogen-bond acceptors (Lipinski definition) is 3. The SMILES string of the molecule is Cc1cc(SCCCCC(=N)N)n(C)n1. The molecule has 0 spiro atoms. The molecule has 0 fully saturated rings. The molecule has 0 saturated heterocycles. The first kappa shape index (κ1) is 12.1. The topological polar surface area (TPSA) is 67.7 Å². The molecule has 0 saturated carbocycles. The van der Waals surface area contributed by atoms with Crippen LogP contribution in [0.2, 0.25) is 0 Å². The third-order valence-electron chi connectivity index (χ3n) is 2.05. The van der Waals surface area contributed by atoms with Gasteiger partial charge in [0.05, 0.1) is 16.6 Å². The first-order chi connectivity index (χ1) is 7.09. The molecule has 15 heavy (non-hydrogen) atoms. The Hall–Kier alpha value is -0.970. The van der Waals surface area contributed by atoms with Crippen molar-refractivity contribution in [3.8, 4) is 0 Å². The molecule has 1 rings (SSSR count). The standard InChI is InChI=1S/C10H18N4S/c1-8-7-10(14(2)13-8)15-6-4-3-5-9(11)12/h7H,3-6H2,1-2H3,(H3,11,12). The lowest BCUT2D eigenvalue weighted by molar-refractivity contribution is 0.691. The Labute approximate surface area is 94.7 Å². The van der Waals surface area contributed by atoms with Gasteiger partial charge in [0.25, 0.3) is 0 Å². The van der Waals surface area contributed by atoms with E-state index in [1.807, 2.05) is 30.4 Å². The van der Waals surface area contributed by atoms with Crippen molar-refractivity contribution >= 4 is 17.6 Å². The van der Waals surface area contributed by atoms with Gasteiger partial charge in [-0.2, -0.15) is 5.10 Å². The summed E-state index contributed by atoms with van der Waals surface area (Å²) in [4.78, 5) is 0. The fourth-order valence-electron chi connectivity index (χ4n) is 1.32. The molecular weight excluding hydrogens is 208 g/mol. The normalized spacial score (nSPS) is 10.5. The van der Waals surface area contributed by atoms with Crippen LogP contribution in [-0.2, 0) is 7.05 Å². The van der Waals surface area contributed by atoms with E-state index >= 15 is 0 Å². The summed E-state index contributed by atoms with van der Waals surface area (Å²) in [6, 6.07) is 2.09. The molecule has 1 heterocycles. The van der Waals surface area contributed by atoms with E-state index in [9.17, 15) is 0 Å². The first-order valence-corrected chi connectivity index (χ1v) is 6.04. The van der Waals surface area contributed by atoms with Crippen LogP contribution in [0, 0.1) is 12.3 Å². The number of aromatic nitrogens is 2. The number of amidine groups is 1. The number of unbranched alkanes of at least 4 members (excludes halogenated alkanes) is 1. The molecule has 3 N–H and O–H groups in total. The number of hydrogen-bond donors (Lipinski definition) is 2. The van der Waals surface area contributed by atoms with Crippen LogP contribution in [0.4, 0.5) is 0 Å². The van der Waals surface area contributed by atoms with Crippen molar-refractivity contribution in [1.29, 1.82) is 5.41 Å². The van der Waals surface area contributed by atoms with Crippen molar-refractivity contribution in [2.45, 2.75) is 31.2 Å². The second kappa shape index (κ2) is 5.80. The summed E-state index contributed by atoms with van der Waals surface area (Å²) in [6.45, 7) is 2.00. The van der Waals surface area contributed by atoms with E-state index in [1.54, 1.807) is 0 Å². The summed E-state index contributed by atoms with van der Waals surface area (Å²) < 4.78 is 1.91. The van der Waals surface area contributed by atoms with E-state index < -0.39 is 0 Å². The molecule has 0 amide bonds. The highest BCUT2D eigenvalue weighted by molar-refractivity contribution is 7.99. The zero-order valence-electron chi connectivity index (χ0n) is 9.29. The molecule has 84 valence electrons. The quantitative estimate of drug-likeness (QED) is 0.337. The van der Waals surface area contributed by atoms with Gasteiger partial charge in [-0.15, -0.1) is 11.8 Å². The second-order valence-electron chi connectivity index (χ2n) is 3.58. The van der Waals surface area contributed by atoms with E-state index in [1.165, 1.54) is 5.03 Å². The number of thioether (sulfide) groups is 1. The van der Waals surface area contributed by atoms with Gasteiger partial charge in [-0.3, -0.25) is 10.1 Å². The Morgan fingerprint density at radius 3 is 2.87 bits per heavy atom. The Morgan fingerprint density at radius 2 is 2.33 bits per heavy atom. The second-order valence-corrected chi connectivity index (χ2v) is 4.69. The molecule has 0 aliphatic carbocycles. The van der Waals surface area contributed by atoms with Crippen LogP contribution in [-0.4, -0.2) is 21.4 Å². The maximum atomic E-state index is 7.09. The van der Waals surface area contributed by atoms with Gasteiger partial charge in [0.2, 0.25) is 0 Å².